The fraction of sp³-hybridized carbons (Fsp3) is 0.227. The molecular weight excluding hydrogens is 482 g/mol. The van der Waals surface area contributed by atoms with E-state index in [4.69, 9.17) is 0 Å². The van der Waals surface area contributed by atoms with Gasteiger partial charge in [-0.1, -0.05) is 23.5 Å². The van der Waals surface area contributed by atoms with Crippen LogP contribution in [0.4, 0.5) is 31.5 Å². The molecule has 0 fully saturated rings. The van der Waals surface area contributed by atoms with E-state index in [0.29, 0.717) is 18.7 Å². The molecule has 0 radical (unpaired) electrons. The second kappa shape index (κ2) is 9.18. The van der Waals surface area contributed by atoms with E-state index in [-0.39, 0.29) is 27.7 Å². The molecule has 3 aromatic rings. The lowest BCUT2D eigenvalue weighted by Gasteiger charge is -2.14. The van der Waals surface area contributed by atoms with Gasteiger partial charge in [0.25, 0.3) is 5.91 Å². The lowest BCUT2D eigenvalue weighted by molar-refractivity contribution is -0.137. The molecule has 178 valence electrons. The average molecular weight is 498 g/mol. The van der Waals surface area contributed by atoms with E-state index in [9.17, 15) is 31.1 Å². The number of thiazole rings is 1. The molecule has 1 aromatic carbocycles. The van der Waals surface area contributed by atoms with Crippen LogP contribution in [0.1, 0.15) is 32.8 Å². The van der Waals surface area contributed by atoms with Gasteiger partial charge in [0.2, 0.25) is 0 Å². The zero-order valence-corrected chi connectivity index (χ0v) is 18.0. The van der Waals surface area contributed by atoms with Crippen LogP contribution < -0.4 is 10.6 Å². The normalized spacial score (nSPS) is 14.6. The highest BCUT2D eigenvalue weighted by atomic mass is 32.1. The number of hydrogen-bond acceptors (Lipinski definition) is 5. The van der Waals surface area contributed by atoms with Crippen LogP contribution in [0.5, 0.6) is 0 Å². The summed E-state index contributed by atoms with van der Waals surface area (Å²) >= 11 is 0.216. The van der Waals surface area contributed by atoms with Crippen molar-refractivity contribution in [1.29, 1.82) is 0 Å². The number of nitrogens with one attached hydrogen (secondary N) is 2. The maximum Gasteiger partial charge on any atom is 0.427 e. The molecule has 1 aliphatic rings. The van der Waals surface area contributed by atoms with E-state index >= 15 is 0 Å². The number of anilines is 1. The summed E-state index contributed by atoms with van der Waals surface area (Å²) in [7, 11) is 0. The Labute approximate surface area is 193 Å². The molecule has 3 heterocycles. The van der Waals surface area contributed by atoms with E-state index in [2.05, 4.69) is 20.6 Å². The van der Waals surface area contributed by atoms with Crippen LogP contribution in [0.25, 0.3) is 17.0 Å². The Morgan fingerprint density at radius 1 is 1.00 bits per heavy atom. The zero-order valence-electron chi connectivity index (χ0n) is 17.2. The van der Waals surface area contributed by atoms with Gasteiger partial charge >= 0.3 is 12.4 Å². The van der Waals surface area contributed by atoms with Gasteiger partial charge in [0.05, 0.1) is 11.3 Å². The largest absolute Gasteiger partial charge is 0.427 e. The number of carbonyl (C=O) groups excluding carboxylic acids is 1. The van der Waals surface area contributed by atoms with Gasteiger partial charge < -0.3 is 5.32 Å². The summed E-state index contributed by atoms with van der Waals surface area (Å²) in [6.45, 7) is 1.49. The molecule has 0 unspecified atom stereocenters. The van der Waals surface area contributed by atoms with Gasteiger partial charge in [-0.2, -0.15) is 26.3 Å². The molecule has 0 saturated heterocycles. The summed E-state index contributed by atoms with van der Waals surface area (Å²) in [5, 5.41) is 5.05. The number of hydrogen-bond donors (Lipinski definition) is 2. The zero-order chi connectivity index (χ0) is 24.5. The number of aromatic nitrogens is 2. The molecule has 0 spiro atoms. The van der Waals surface area contributed by atoms with Crippen LogP contribution in [0.3, 0.4) is 0 Å². The molecule has 0 aliphatic carbocycles. The Morgan fingerprint density at radius 2 is 1.74 bits per heavy atom. The summed E-state index contributed by atoms with van der Waals surface area (Å²) in [5.41, 5.74) is 0.273. The number of pyridine rings is 1. The Bertz CT molecular complexity index is 1210. The molecular formula is C22H16F6N4OS. The van der Waals surface area contributed by atoms with E-state index in [1.165, 1.54) is 12.3 Å². The minimum atomic E-state index is -4.75. The average Bonchev–Trinajstić information content (AvgIpc) is 3.24. The minimum Gasteiger partial charge on any atom is -0.313 e. The van der Waals surface area contributed by atoms with Crippen LogP contribution in [0.2, 0.25) is 0 Å². The SMILES string of the molecule is O=C(Nc1nc(-c2ccc(C3=CCNCC3)cn2)c(C(F)(F)F)s1)c1ccc(C(F)(F)F)cc1. The third kappa shape index (κ3) is 5.28. The number of benzene rings is 1. The smallest absolute Gasteiger partial charge is 0.313 e. The predicted molar refractivity (Wildman–Crippen MR) is 115 cm³/mol. The Balaban J connectivity index is 1.59. The van der Waals surface area contributed by atoms with Crippen LogP contribution in [0, 0.1) is 0 Å². The standard InChI is InChI=1S/C22H16F6N4OS/c23-21(24,25)15-4-1-13(2-5-15)19(33)32-20-31-17(18(34-20)22(26,27)28)16-6-3-14(11-30-16)12-7-9-29-10-8-12/h1-7,11,29H,8-10H2,(H,31,32,33). The summed E-state index contributed by atoms with van der Waals surface area (Å²) in [6.07, 6.45) is -5.09. The van der Waals surface area contributed by atoms with Crippen LogP contribution in [0.15, 0.2) is 48.7 Å². The number of carbonyl (C=O) groups is 1. The Hall–Kier alpha value is -3.25. The highest BCUT2D eigenvalue weighted by Gasteiger charge is 2.38. The molecule has 0 saturated carbocycles. The summed E-state index contributed by atoms with van der Waals surface area (Å²) < 4.78 is 79.0. The Kier molecular flexibility index (Phi) is 6.45. The van der Waals surface area contributed by atoms with E-state index < -0.39 is 34.4 Å². The van der Waals surface area contributed by atoms with Crippen LogP contribution in [-0.4, -0.2) is 29.0 Å². The van der Waals surface area contributed by atoms with Gasteiger partial charge in [0.15, 0.2) is 5.13 Å². The first-order valence-electron chi connectivity index (χ1n) is 9.95. The molecule has 0 bridgehead atoms. The molecule has 12 heteroatoms. The van der Waals surface area contributed by atoms with Crippen molar-refractivity contribution in [3.05, 3.63) is 70.2 Å². The van der Waals surface area contributed by atoms with Crippen molar-refractivity contribution in [2.45, 2.75) is 18.8 Å². The monoisotopic (exact) mass is 498 g/mol. The van der Waals surface area contributed by atoms with Crippen LogP contribution >= 0.6 is 11.3 Å². The summed E-state index contributed by atoms with van der Waals surface area (Å²) in [5.74, 6) is -0.885. The van der Waals surface area contributed by atoms with Gasteiger partial charge in [0.1, 0.15) is 10.6 Å². The van der Waals surface area contributed by atoms with Gasteiger partial charge in [-0.15, -0.1) is 0 Å². The fourth-order valence-corrected chi connectivity index (χ4v) is 4.16. The molecule has 5 nitrogen and oxygen atoms in total. The lowest BCUT2D eigenvalue weighted by atomic mass is 10.0. The second-order valence-corrected chi connectivity index (χ2v) is 8.34. The van der Waals surface area contributed by atoms with Gasteiger partial charge in [-0.05, 0) is 54.4 Å². The first-order valence-corrected chi connectivity index (χ1v) is 10.8. The molecule has 1 aliphatic heterocycles. The quantitative estimate of drug-likeness (QED) is 0.442. The molecule has 0 atom stereocenters. The highest BCUT2D eigenvalue weighted by molar-refractivity contribution is 7.16. The number of rotatable bonds is 4. The fourth-order valence-electron chi connectivity index (χ4n) is 3.33. The first-order chi connectivity index (χ1) is 16.0. The maximum atomic E-state index is 13.6. The van der Waals surface area contributed by atoms with Crippen molar-refractivity contribution < 1.29 is 31.1 Å². The molecule has 4 rings (SSSR count). The first kappa shape index (κ1) is 23.9. The number of halogens is 6. The van der Waals surface area contributed by atoms with E-state index in [0.717, 1.165) is 36.2 Å². The number of nitrogens with zero attached hydrogens (tertiary/aromatic N) is 2. The summed E-state index contributed by atoms with van der Waals surface area (Å²) in [6, 6.07) is 6.41. The van der Waals surface area contributed by atoms with E-state index in [1.807, 2.05) is 6.08 Å². The molecule has 34 heavy (non-hydrogen) atoms. The summed E-state index contributed by atoms with van der Waals surface area (Å²) in [4.78, 5) is 19.4. The molecule has 2 N–H and O–H groups in total. The van der Waals surface area contributed by atoms with Crippen molar-refractivity contribution in [3.63, 3.8) is 0 Å². The van der Waals surface area contributed by atoms with Crippen molar-refractivity contribution in [3.8, 4) is 11.4 Å². The number of alkyl halides is 6. The minimum absolute atomic E-state index is 0.0168. The van der Waals surface area contributed by atoms with E-state index in [1.54, 1.807) is 6.07 Å². The van der Waals surface area contributed by atoms with Gasteiger partial charge in [0, 0.05) is 18.3 Å². The topological polar surface area (TPSA) is 66.9 Å². The number of amides is 1. The lowest BCUT2D eigenvalue weighted by Crippen LogP contribution is -2.20. The molecule has 1 amide bonds. The van der Waals surface area contributed by atoms with Crippen LogP contribution in [-0.2, 0) is 12.4 Å². The maximum absolute atomic E-state index is 13.6. The van der Waals surface area contributed by atoms with Crippen molar-refractivity contribution in [2.24, 2.45) is 0 Å². The Morgan fingerprint density at radius 3 is 2.29 bits per heavy atom. The predicted octanol–water partition coefficient (Wildman–Crippen LogP) is 5.87. The third-order valence-electron chi connectivity index (χ3n) is 5.02. The van der Waals surface area contributed by atoms with Gasteiger partial charge in [-0.25, -0.2) is 4.98 Å². The molecule has 2 aromatic heterocycles. The third-order valence-corrected chi connectivity index (χ3v) is 6.04. The van der Waals surface area contributed by atoms with Crippen molar-refractivity contribution in [1.82, 2.24) is 15.3 Å². The van der Waals surface area contributed by atoms with Gasteiger partial charge in [-0.3, -0.25) is 15.1 Å². The second-order valence-electron chi connectivity index (χ2n) is 7.34. The van der Waals surface area contributed by atoms with Crippen molar-refractivity contribution in [2.75, 3.05) is 18.4 Å². The van der Waals surface area contributed by atoms with Crippen molar-refractivity contribution >= 4 is 27.9 Å². The highest BCUT2D eigenvalue weighted by Crippen LogP contribution is 2.42.